The minimum Gasteiger partial charge on any atom is -0.265 e. The number of nitrogens with zero attached hydrogens (tertiary/aromatic N) is 1. The molecule has 1 atom stereocenters. The highest BCUT2D eigenvalue weighted by Gasteiger charge is 2.49. The van der Waals surface area contributed by atoms with Crippen LogP contribution in [0.15, 0.2) is 0 Å². The minimum absolute atomic E-state index is 0.0819. The smallest absolute Gasteiger partial charge is 0.208 e. The lowest BCUT2D eigenvalue weighted by molar-refractivity contribution is -0.488. The van der Waals surface area contributed by atoms with E-state index in [9.17, 15) is 18.5 Å². The van der Waals surface area contributed by atoms with Crippen LogP contribution in [0.1, 0.15) is 20.3 Å². The van der Waals surface area contributed by atoms with Crippen molar-refractivity contribution in [3.8, 4) is 0 Å². The highest BCUT2D eigenvalue weighted by Crippen LogP contribution is 2.36. The first-order valence-electron chi connectivity index (χ1n) is 4.11. The average Bonchev–Trinajstić information content (AvgIpc) is 2.11. The van der Waals surface area contributed by atoms with Gasteiger partial charge in [0.05, 0.1) is 10.5 Å². The van der Waals surface area contributed by atoms with Crippen LogP contribution in [0.4, 0.5) is 0 Å². The zero-order valence-electron chi connectivity index (χ0n) is 7.69. The first kappa shape index (κ1) is 10.4. The Hall–Kier alpha value is -0.650. The molecule has 1 heterocycles. The van der Waals surface area contributed by atoms with Crippen molar-refractivity contribution in [3.63, 3.8) is 0 Å². The molecule has 0 aliphatic carbocycles. The zero-order valence-corrected chi connectivity index (χ0v) is 8.50. The summed E-state index contributed by atoms with van der Waals surface area (Å²) in [6.45, 7) is 2.90. The number of nitro groups is 1. The van der Waals surface area contributed by atoms with Crippen LogP contribution in [-0.2, 0) is 9.84 Å². The standard InChI is InChI=1S/C7H13NO4S/c1-7(2)6(5-8(9)10)3-4-13(7,11)12/h6H,3-5H2,1-2H3. The van der Waals surface area contributed by atoms with Crippen molar-refractivity contribution in [3.05, 3.63) is 10.1 Å². The van der Waals surface area contributed by atoms with Gasteiger partial charge in [0, 0.05) is 10.8 Å². The molecule has 5 nitrogen and oxygen atoms in total. The molecule has 0 aromatic rings. The quantitative estimate of drug-likeness (QED) is 0.487. The summed E-state index contributed by atoms with van der Waals surface area (Å²) in [6.07, 6.45) is 0.413. The van der Waals surface area contributed by atoms with Crippen molar-refractivity contribution in [2.45, 2.75) is 25.0 Å². The van der Waals surface area contributed by atoms with Crippen molar-refractivity contribution < 1.29 is 13.3 Å². The van der Waals surface area contributed by atoms with E-state index in [1.54, 1.807) is 13.8 Å². The third kappa shape index (κ3) is 1.67. The molecule has 13 heavy (non-hydrogen) atoms. The lowest BCUT2D eigenvalue weighted by atomic mass is 9.93. The van der Waals surface area contributed by atoms with Crippen LogP contribution in [-0.4, -0.2) is 30.4 Å². The third-order valence-corrected chi connectivity index (χ3v) is 5.60. The molecule has 0 spiro atoms. The fraction of sp³-hybridized carbons (Fsp3) is 1.00. The summed E-state index contributed by atoms with van der Waals surface area (Å²) in [5.41, 5.74) is 0. The fourth-order valence-corrected chi connectivity index (χ4v) is 3.47. The molecule has 0 radical (unpaired) electrons. The lowest BCUT2D eigenvalue weighted by Crippen LogP contribution is -2.36. The summed E-state index contributed by atoms with van der Waals surface area (Å²) >= 11 is 0. The van der Waals surface area contributed by atoms with Crippen molar-refractivity contribution in [1.82, 2.24) is 0 Å². The summed E-state index contributed by atoms with van der Waals surface area (Å²) in [6, 6.07) is 0. The summed E-state index contributed by atoms with van der Waals surface area (Å²) in [7, 11) is -3.12. The second-order valence-electron chi connectivity index (χ2n) is 3.92. The van der Waals surface area contributed by atoms with Crippen molar-refractivity contribution >= 4 is 9.84 Å². The SMILES string of the molecule is CC1(C)C(C[N+](=O)[O-])CCS1(=O)=O. The number of hydrogen-bond acceptors (Lipinski definition) is 4. The molecule has 0 saturated carbocycles. The zero-order chi connectivity index (χ0) is 10.3. The van der Waals surface area contributed by atoms with Crippen LogP contribution in [0.2, 0.25) is 0 Å². The monoisotopic (exact) mass is 207 g/mol. The van der Waals surface area contributed by atoms with Gasteiger partial charge < -0.3 is 0 Å². The van der Waals surface area contributed by atoms with Crippen molar-refractivity contribution in [1.29, 1.82) is 0 Å². The second kappa shape index (κ2) is 2.94. The maximum atomic E-state index is 11.5. The van der Waals surface area contributed by atoms with Crippen LogP contribution >= 0.6 is 0 Å². The fourth-order valence-electron chi connectivity index (χ4n) is 1.65. The number of hydrogen-bond donors (Lipinski definition) is 0. The Kier molecular flexibility index (Phi) is 2.36. The van der Waals surface area contributed by atoms with Gasteiger partial charge >= 0.3 is 0 Å². The topological polar surface area (TPSA) is 77.3 Å². The van der Waals surface area contributed by atoms with E-state index in [-0.39, 0.29) is 18.2 Å². The summed E-state index contributed by atoms with van der Waals surface area (Å²) < 4.78 is 22.0. The van der Waals surface area contributed by atoms with Gasteiger partial charge in [-0.3, -0.25) is 10.1 Å². The van der Waals surface area contributed by atoms with E-state index < -0.39 is 19.5 Å². The molecule has 1 saturated heterocycles. The summed E-state index contributed by atoms with van der Waals surface area (Å²) in [5, 5.41) is 10.3. The van der Waals surface area contributed by atoms with Gasteiger partial charge in [-0.15, -0.1) is 0 Å². The third-order valence-electron chi connectivity index (χ3n) is 2.89. The summed E-state index contributed by atoms with van der Waals surface area (Å²) in [4.78, 5) is 9.83. The predicted molar refractivity (Wildman–Crippen MR) is 47.8 cm³/mol. The molecule has 0 aromatic heterocycles. The van der Waals surface area contributed by atoms with E-state index in [4.69, 9.17) is 0 Å². The highest BCUT2D eigenvalue weighted by atomic mass is 32.2. The Labute approximate surface area is 77.2 Å². The minimum atomic E-state index is -3.12. The molecule has 1 aliphatic heterocycles. The van der Waals surface area contributed by atoms with E-state index in [0.717, 1.165) is 0 Å². The van der Waals surface area contributed by atoms with E-state index in [1.165, 1.54) is 0 Å². The number of rotatable bonds is 2. The second-order valence-corrected chi connectivity index (χ2v) is 6.61. The van der Waals surface area contributed by atoms with Gasteiger partial charge in [-0.25, -0.2) is 8.42 Å². The normalized spacial score (nSPS) is 30.2. The van der Waals surface area contributed by atoms with E-state index in [2.05, 4.69) is 0 Å². The Morgan fingerprint density at radius 2 is 2.08 bits per heavy atom. The molecule has 0 amide bonds. The molecule has 1 fully saturated rings. The van der Waals surface area contributed by atoms with Crippen molar-refractivity contribution in [2.24, 2.45) is 5.92 Å². The van der Waals surface area contributed by atoms with Crippen LogP contribution in [0.3, 0.4) is 0 Å². The first-order valence-corrected chi connectivity index (χ1v) is 5.76. The molecular weight excluding hydrogens is 194 g/mol. The van der Waals surface area contributed by atoms with Gasteiger partial charge in [-0.1, -0.05) is 0 Å². The van der Waals surface area contributed by atoms with Gasteiger partial charge in [0.15, 0.2) is 9.84 Å². The highest BCUT2D eigenvalue weighted by molar-refractivity contribution is 7.93. The molecule has 6 heteroatoms. The van der Waals surface area contributed by atoms with Crippen LogP contribution < -0.4 is 0 Å². The Morgan fingerprint density at radius 3 is 2.38 bits per heavy atom. The lowest BCUT2D eigenvalue weighted by Gasteiger charge is -2.22. The van der Waals surface area contributed by atoms with Crippen LogP contribution in [0, 0.1) is 16.0 Å². The molecule has 1 rings (SSSR count). The average molecular weight is 207 g/mol. The van der Waals surface area contributed by atoms with Gasteiger partial charge in [0.2, 0.25) is 6.54 Å². The first-order chi connectivity index (χ1) is 5.77. The molecule has 0 bridgehead atoms. The van der Waals surface area contributed by atoms with Gasteiger partial charge in [0.1, 0.15) is 0 Å². The molecular formula is C7H13NO4S. The van der Waals surface area contributed by atoms with E-state index >= 15 is 0 Å². The molecule has 76 valence electrons. The molecule has 0 aromatic carbocycles. The maximum Gasteiger partial charge on any atom is 0.208 e. The van der Waals surface area contributed by atoms with Crippen molar-refractivity contribution in [2.75, 3.05) is 12.3 Å². The largest absolute Gasteiger partial charge is 0.265 e. The van der Waals surface area contributed by atoms with E-state index in [0.29, 0.717) is 6.42 Å². The maximum absolute atomic E-state index is 11.5. The number of sulfone groups is 1. The Bertz CT molecular complexity index is 319. The molecule has 1 aliphatic rings. The van der Waals surface area contributed by atoms with Crippen LogP contribution in [0.25, 0.3) is 0 Å². The van der Waals surface area contributed by atoms with E-state index in [1.807, 2.05) is 0 Å². The molecule has 0 N–H and O–H groups in total. The van der Waals surface area contributed by atoms with Crippen LogP contribution in [0.5, 0.6) is 0 Å². The summed E-state index contributed by atoms with van der Waals surface area (Å²) in [5.74, 6) is -0.258. The van der Waals surface area contributed by atoms with Gasteiger partial charge in [-0.05, 0) is 20.3 Å². The Morgan fingerprint density at radius 1 is 1.54 bits per heavy atom. The molecule has 1 unspecified atom stereocenters. The predicted octanol–water partition coefficient (Wildman–Crippen LogP) is 0.476. The Balaban J connectivity index is 2.89. The van der Waals surface area contributed by atoms with Gasteiger partial charge in [-0.2, -0.15) is 0 Å². The van der Waals surface area contributed by atoms with Gasteiger partial charge in [0.25, 0.3) is 0 Å².